The number of esters is 1. The number of methoxy groups -OCH3 is 1. The van der Waals surface area contributed by atoms with E-state index in [1.807, 2.05) is 0 Å². The highest BCUT2D eigenvalue weighted by Crippen LogP contribution is 2.28. The second-order valence-corrected chi connectivity index (χ2v) is 3.58. The number of ether oxygens (including phenoxy) is 1. The zero-order chi connectivity index (χ0) is 13.5. The van der Waals surface area contributed by atoms with E-state index in [4.69, 9.17) is 0 Å². The van der Waals surface area contributed by atoms with Crippen LogP contribution in [0.4, 0.5) is 13.2 Å². The minimum atomic E-state index is -4.64. The van der Waals surface area contributed by atoms with Gasteiger partial charge >= 0.3 is 12.1 Å². The third-order valence-electron chi connectivity index (χ3n) is 2.35. The number of aryl methyl sites for hydroxylation is 1. The highest BCUT2D eigenvalue weighted by molar-refractivity contribution is 5.87. The van der Waals surface area contributed by atoms with Crippen molar-refractivity contribution in [3.8, 4) is 0 Å². The van der Waals surface area contributed by atoms with Crippen LogP contribution < -0.4 is 0 Å². The standard InChI is InChI=1S/C10H8F3N3O2/c1-5-3-6(8(17)18-2)15-16-7(5)4-14-9(16)10(11,12)13/h3-4H,1-2H3. The molecule has 0 unspecified atom stereocenters. The maximum atomic E-state index is 12.7. The van der Waals surface area contributed by atoms with E-state index in [1.54, 1.807) is 6.92 Å². The van der Waals surface area contributed by atoms with Crippen LogP contribution in [0, 0.1) is 6.92 Å². The zero-order valence-corrected chi connectivity index (χ0v) is 9.45. The van der Waals surface area contributed by atoms with Gasteiger partial charge in [0.2, 0.25) is 5.82 Å². The third kappa shape index (κ3) is 1.89. The first kappa shape index (κ1) is 12.3. The molecule has 0 N–H and O–H groups in total. The number of alkyl halides is 3. The average molecular weight is 259 g/mol. The fourth-order valence-corrected chi connectivity index (χ4v) is 1.53. The fourth-order valence-electron chi connectivity index (χ4n) is 1.53. The summed E-state index contributed by atoms with van der Waals surface area (Å²) in [5.74, 6) is -1.98. The maximum absolute atomic E-state index is 12.7. The van der Waals surface area contributed by atoms with Crippen molar-refractivity contribution in [2.45, 2.75) is 13.1 Å². The molecule has 2 heterocycles. The van der Waals surface area contributed by atoms with Crippen LogP contribution in [0.5, 0.6) is 0 Å². The molecule has 0 aromatic carbocycles. The molecule has 0 amide bonds. The van der Waals surface area contributed by atoms with Crippen molar-refractivity contribution in [1.82, 2.24) is 14.6 Å². The van der Waals surface area contributed by atoms with E-state index >= 15 is 0 Å². The van der Waals surface area contributed by atoms with Gasteiger partial charge in [-0.1, -0.05) is 0 Å². The van der Waals surface area contributed by atoms with E-state index in [9.17, 15) is 18.0 Å². The van der Waals surface area contributed by atoms with E-state index in [1.165, 1.54) is 6.07 Å². The van der Waals surface area contributed by atoms with Crippen LogP contribution in [0.2, 0.25) is 0 Å². The molecule has 0 atom stereocenters. The number of carbonyl (C=O) groups is 1. The molecule has 2 aromatic rings. The van der Waals surface area contributed by atoms with E-state index < -0.39 is 18.0 Å². The first-order valence-corrected chi connectivity index (χ1v) is 4.85. The topological polar surface area (TPSA) is 56.5 Å². The van der Waals surface area contributed by atoms with Gasteiger partial charge in [-0.05, 0) is 18.6 Å². The Labute approximate surface area is 99.2 Å². The van der Waals surface area contributed by atoms with E-state index in [-0.39, 0.29) is 11.2 Å². The van der Waals surface area contributed by atoms with Gasteiger partial charge in [-0.2, -0.15) is 18.3 Å². The largest absolute Gasteiger partial charge is 0.464 e. The summed E-state index contributed by atoms with van der Waals surface area (Å²) >= 11 is 0. The highest BCUT2D eigenvalue weighted by Gasteiger charge is 2.37. The van der Waals surface area contributed by atoms with Crippen LogP contribution in [-0.2, 0) is 10.9 Å². The Hall–Kier alpha value is -2.12. The predicted octanol–water partition coefficient (Wildman–Crippen LogP) is 1.84. The molecule has 0 saturated heterocycles. The number of hydrogen-bond donors (Lipinski definition) is 0. The minimum Gasteiger partial charge on any atom is -0.464 e. The lowest BCUT2D eigenvalue weighted by atomic mass is 10.2. The van der Waals surface area contributed by atoms with Gasteiger partial charge in [0.1, 0.15) is 0 Å². The number of halogens is 3. The molecule has 0 saturated carbocycles. The van der Waals surface area contributed by atoms with Crippen LogP contribution in [-0.4, -0.2) is 27.7 Å². The first-order chi connectivity index (χ1) is 8.34. The van der Waals surface area contributed by atoms with Crippen molar-refractivity contribution in [1.29, 1.82) is 0 Å². The van der Waals surface area contributed by atoms with E-state index in [0.717, 1.165) is 13.3 Å². The molecule has 0 aliphatic heterocycles. The van der Waals surface area contributed by atoms with Gasteiger partial charge < -0.3 is 4.74 Å². The average Bonchev–Trinajstić information content (AvgIpc) is 2.71. The lowest BCUT2D eigenvalue weighted by Crippen LogP contribution is -2.15. The lowest BCUT2D eigenvalue weighted by Gasteiger charge is -2.07. The summed E-state index contributed by atoms with van der Waals surface area (Å²) in [6.07, 6.45) is -3.58. The van der Waals surface area contributed by atoms with Gasteiger partial charge in [-0.15, -0.1) is 0 Å². The minimum absolute atomic E-state index is 0.190. The lowest BCUT2D eigenvalue weighted by molar-refractivity contribution is -0.146. The number of rotatable bonds is 1. The molecular weight excluding hydrogens is 251 g/mol. The molecule has 0 bridgehead atoms. The molecule has 2 aromatic heterocycles. The Morgan fingerprint density at radius 1 is 1.44 bits per heavy atom. The van der Waals surface area contributed by atoms with Crippen molar-refractivity contribution in [3.63, 3.8) is 0 Å². The molecule has 0 spiro atoms. The number of imidazole rings is 1. The monoisotopic (exact) mass is 259 g/mol. The number of hydrogen-bond acceptors (Lipinski definition) is 4. The number of aromatic nitrogens is 3. The van der Waals surface area contributed by atoms with Crippen molar-refractivity contribution < 1.29 is 22.7 Å². The summed E-state index contributed by atoms with van der Waals surface area (Å²) in [5, 5.41) is 3.59. The van der Waals surface area contributed by atoms with E-state index in [0.29, 0.717) is 10.1 Å². The summed E-state index contributed by atoms with van der Waals surface area (Å²) in [5.41, 5.74) is 0.439. The second kappa shape index (κ2) is 3.97. The van der Waals surface area contributed by atoms with Crippen LogP contribution in [0.15, 0.2) is 12.3 Å². The summed E-state index contributed by atoms with van der Waals surface area (Å²) in [6, 6.07) is 1.35. The van der Waals surface area contributed by atoms with Crippen LogP contribution >= 0.6 is 0 Å². The molecule has 0 aliphatic rings. The van der Waals surface area contributed by atoms with Gasteiger partial charge in [0, 0.05) is 0 Å². The number of carbonyl (C=O) groups excluding carboxylic acids is 1. The Morgan fingerprint density at radius 2 is 2.11 bits per heavy atom. The summed E-state index contributed by atoms with van der Waals surface area (Å²) in [7, 11) is 1.13. The molecule has 0 aliphatic carbocycles. The van der Waals surface area contributed by atoms with Crippen LogP contribution in [0.3, 0.4) is 0 Å². The third-order valence-corrected chi connectivity index (χ3v) is 2.35. The van der Waals surface area contributed by atoms with Crippen molar-refractivity contribution in [2.75, 3.05) is 7.11 Å². The van der Waals surface area contributed by atoms with Gasteiger partial charge in [-0.25, -0.2) is 14.3 Å². The molecule has 0 fully saturated rings. The smallest absolute Gasteiger partial charge is 0.451 e. The van der Waals surface area contributed by atoms with Crippen molar-refractivity contribution in [2.24, 2.45) is 0 Å². The summed E-state index contributed by atoms with van der Waals surface area (Å²) in [4.78, 5) is 14.6. The molecule has 0 radical (unpaired) electrons. The molecule has 2 rings (SSSR count). The fraction of sp³-hybridized carbons (Fsp3) is 0.300. The Balaban J connectivity index is 2.72. The number of fused-ring (bicyclic) bond motifs is 1. The molecule has 96 valence electrons. The first-order valence-electron chi connectivity index (χ1n) is 4.85. The van der Waals surface area contributed by atoms with Crippen LogP contribution in [0.1, 0.15) is 21.9 Å². The maximum Gasteiger partial charge on any atom is 0.451 e. The van der Waals surface area contributed by atoms with Gasteiger partial charge in [-0.3, -0.25) is 0 Å². The SMILES string of the molecule is COC(=O)c1cc(C)c2cnc(C(F)(F)F)n2n1. The van der Waals surface area contributed by atoms with Gasteiger partial charge in [0.05, 0.1) is 18.8 Å². The Bertz CT molecular complexity index is 619. The molecule has 8 heteroatoms. The molecule has 18 heavy (non-hydrogen) atoms. The Morgan fingerprint density at radius 3 is 2.67 bits per heavy atom. The molecule has 5 nitrogen and oxygen atoms in total. The van der Waals surface area contributed by atoms with Crippen molar-refractivity contribution in [3.05, 3.63) is 29.3 Å². The Kier molecular flexibility index (Phi) is 2.72. The predicted molar refractivity (Wildman–Crippen MR) is 54.1 cm³/mol. The highest BCUT2D eigenvalue weighted by atomic mass is 19.4. The summed E-state index contributed by atoms with van der Waals surface area (Å²) in [6.45, 7) is 1.56. The van der Waals surface area contributed by atoms with Crippen molar-refractivity contribution >= 4 is 11.5 Å². The number of nitrogens with zero attached hydrogens (tertiary/aromatic N) is 3. The summed E-state index contributed by atoms with van der Waals surface area (Å²) < 4.78 is 43.0. The zero-order valence-electron chi connectivity index (χ0n) is 9.45. The normalized spacial score (nSPS) is 11.8. The second-order valence-electron chi connectivity index (χ2n) is 3.58. The van der Waals surface area contributed by atoms with Crippen LogP contribution in [0.25, 0.3) is 5.52 Å². The molecular formula is C10H8F3N3O2. The van der Waals surface area contributed by atoms with E-state index in [2.05, 4.69) is 14.8 Å². The quantitative estimate of drug-likeness (QED) is 0.733. The van der Waals surface area contributed by atoms with Gasteiger partial charge in [0.25, 0.3) is 0 Å². The van der Waals surface area contributed by atoms with Gasteiger partial charge in [0.15, 0.2) is 5.69 Å².